The molecule has 0 saturated carbocycles. The van der Waals surface area contributed by atoms with Crippen molar-refractivity contribution in [3.63, 3.8) is 0 Å². The lowest BCUT2D eigenvalue weighted by molar-refractivity contribution is -0.0500. The van der Waals surface area contributed by atoms with Crippen LogP contribution in [0.4, 0.5) is 13.2 Å². The first-order valence-electron chi connectivity index (χ1n) is 5.41. The maximum atomic E-state index is 12.3. The highest BCUT2D eigenvalue weighted by molar-refractivity contribution is 9.10. The van der Waals surface area contributed by atoms with Gasteiger partial charge in [-0.25, -0.2) is 0 Å². The third-order valence-electron chi connectivity index (χ3n) is 2.65. The van der Waals surface area contributed by atoms with E-state index in [0.717, 1.165) is 15.4 Å². The predicted octanol–water partition coefficient (Wildman–Crippen LogP) is 4.90. The zero-order valence-electron chi connectivity index (χ0n) is 10.3. The van der Waals surface area contributed by atoms with E-state index in [9.17, 15) is 21.6 Å². The fraction of sp³-hybridized carbons (Fsp3) is 0.167. The summed E-state index contributed by atoms with van der Waals surface area (Å²) in [5.41, 5.74) is -4.62. The number of aryl methyl sites for hydroxylation is 1. The molecule has 0 saturated heterocycles. The molecule has 0 aliphatic heterocycles. The van der Waals surface area contributed by atoms with Crippen molar-refractivity contribution < 1.29 is 25.8 Å². The van der Waals surface area contributed by atoms with Gasteiger partial charge in [0, 0.05) is 4.47 Å². The van der Waals surface area contributed by atoms with Gasteiger partial charge in [0.15, 0.2) is 5.75 Å². The van der Waals surface area contributed by atoms with E-state index in [1.807, 2.05) is 0 Å². The molecule has 0 aliphatic carbocycles. The SMILES string of the molecule is Cc1cc2cc(OS(=O)(=O)C(F)(F)F)c(Br)cc2cc1Br. The van der Waals surface area contributed by atoms with E-state index < -0.39 is 21.4 Å². The largest absolute Gasteiger partial charge is 0.534 e. The van der Waals surface area contributed by atoms with Gasteiger partial charge in [0.05, 0.1) is 4.47 Å². The smallest absolute Gasteiger partial charge is 0.375 e. The highest BCUT2D eigenvalue weighted by Crippen LogP contribution is 2.36. The van der Waals surface area contributed by atoms with Crippen LogP contribution in [0.25, 0.3) is 10.8 Å². The van der Waals surface area contributed by atoms with Gasteiger partial charge in [0.1, 0.15) is 0 Å². The van der Waals surface area contributed by atoms with Crippen LogP contribution in [0, 0.1) is 6.92 Å². The Hall–Kier alpha value is -0.800. The minimum Gasteiger partial charge on any atom is -0.375 e. The predicted molar refractivity (Wildman–Crippen MR) is 79.7 cm³/mol. The van der Waals surface area contributed by atoms with E-state index in [2.05, 4.69) is 36.0 Å². The van der Waals surface area contributed by atoms with Gasteiger partial charge < -0.3 is 4.18 Å². The summed E-state index contributed by atoms with van der Waals surface area (Å²) in [6.07, 6.45) is 0. The van der Waals surface area contributed by atoms with E-state index in [-0.39, 0.29) is 4.47 Å². The minimum absolute atomic E-state index is 0.110. The van der Waals surface area contributed by atoms with E-state index in [0.29, 0.717) is 5.39 Å². The highest BCUT2D eigenvalue weighted by atomic mass is 79.9. The van der Waals surface area contributed by atoms with Crippen molar-refractivity contribution in [1.82, 2.24) is 0 Å². The molecule has 2 aromatic carbocycles. The molecular formula is C12H7Br2F3O3S. The van der Waals surface area contributed by atoms with Crippen molar-refractivity contribution in [2.24, 2.45) is 0 Å². The number of hydrogen-bond acceptors (Lipinski definition) is 3. The van der Waals surface area contributed by atoms with Crippen molar-refractivity contribution in [3.8, 4) is 5.75 Å². The number of rotatable bonds is 2. The molecule has 0 aromatic heterocycles. The van der Waals surface area contributed by atoms with Crippen LogP contribution in [0.15, 0.2) is 33.2 Å². The Balaban J connectivity index is 2.56. The zero-order valence-corrected chi connectivity index (χ0v) is 14.3. The fourth-order valence-electron chi connectivity index (χ4n) is 1.62. The number of fused-ring (bicyclic) bond motifs is 1. The Morgan fingerprint density at radius 2 is 1.52 bits per heavy atom. The molecule has 9 heteroatoms. The third-order valence-corrected chi connectivity index (χ3v) is 5.09. The van der Waals surface area contributed by atoms with Crippen LogP contribution in [0.3, 0.4) is 0 Å². The van der Waals surface area contributed by atoms with Crippen LogP contribution < -0.4 is 4.18 Å². The number of benzene rings is 2. The van der Waals surface area contributed by atoms with Gasteiger partial charge in [0.2, 0.25) is 0 Å². The fourth-order valence-corrected chi connectivity index (χ4v) is 3.00. The van der Waals surface area contributed by atoms with E-state index >= 15 is 0 Å². The molecule has 2 aromatic rings. The number of alkyl halides is 3. The van der Waals surface area contributed by atoms with Gasteiger partial charge in [0.25, 0.3) is 0 Å². The van der Waals surface area contributed by atoms with Gasteiger partial charge in [-0.05, 0) is 57.4 Å². The zero-order chi connectivity index (χ0) is 16.0. The van der Waals surface area contributed by atoms with Gasteiger partial charge in [-0.2, -0.15) is 21.6 Å². The maximum Gasteiger partial charge on any atom is 0.534 e. The normalized spacial score (nSPS) is 12.7. The molecule has 0 unspecified atom stereocenters. The van der Waals surface area contributed by atoms with Crippen LogP contribution in [-0.2, 0) is 10.1 Å². The number of hydrogen-bond donors (Lipinski definition) is 0. The van der Waals surface area contributed by atoms with E-state index in [4.69, 9.17) is 0 Å². The molecule has 0 fully saturated rings. The van der Waals surface area contributed by atoms with E-state index in [1.165, 1.54) is 12.1 Å². The second kappa shape index (κ2) is 5.44. The molecule has 21 heavy (non-hydrogen) atoms. The molecule has 0 N–H and O–H groups in total. The molecular weight excluding hydrogens is 441 g/mol. The second-order valence-corrected chi connectivity index (χ2v) is 7.46. The molecule has 114 valence electrons. The summed E-state index contributed by atoms with van der Waals surface area (Å²) in [7, 11) is -5.70. The molecule has 0 aliphatic rings. The van der Waals surface area contributed by atoms with Crippen LogP contribution in [-0.4, -0.2) is 13.9 Å². The Morgan fingerprint density at radius 1 is 1.00 bits per heavy atom. The monoisotopic (exact) mass is 446 g/mol. The molecule has 3 nitrogen and oxygen atoms in total. The Morgan fingerprint density at radius 3 is 2.10 bits per heavy atom. The quantitative estimate of drug-likeness (QED) is 0.485. The highest BCUT2D eigenvalue weighted by Gasteiger charge is 2.48. The van der Waals surface area contributed by atoms with Crippen molar-refractivity contribution in [2.45, 2.75) is 12.4 Å². The van der Waals surface area contributed by atoms with Crippen LogP contribution in [0.1, 0.15) is 5.56 Å². The lowest BCUT2D eigenvalue weighted by Crippen LogP contribution is -2.28. The molecule has 0 amide bonds. The lowest BCUT2D eigenvalue weighted by atomic mass is 10.1. The molecule has 0 spiro atoms. The van der Waals surface area contributed by atoms with Crippen molar-refractivity contribution in [3.05, 3.63) is 38.8 Å². The van der Waals surface area contributed by atoms with Crippen molar-refractivity contribution in [2.75, 3.05) is 0 Å². The summed E-state index contributed by atoms with van der Waals surface area (Å²) in [6.45, 7) is 1.80. The summed E-state index contributed by atoms with van der Waals surface area (Å²) >= 11 is 6.35. The molecule has 0 atom stereocenters. The second-order valence-electron chi connectivity index (χ2n) is 4.21. The summed E-state index contributed by atoms with van der Waals surface area (Å²) in [6, 6.07) is 6.21. The van der Waals surface area contributed by atoms with Crippen LogP contribution in [0.2, 0.25) is 0 Å². The summed E-state index contributed by atoms with van der Waals surface area (Å²) < 4.78 is 64.3. The van der Waals surface area contributed by atoms with Gasteiger partial charge >= 0.3 is 15.6 Å². The summed E-state index contributed by atoms with van der Waals surface area (Å²) in [5, 5.41) is 1.28. The third kappa shape index (κ3) is 3.35. The molecule has 0 radical (unpaired) electrons. The minimum atomic E-state index is -5.70. The van der Waals surface area contributed by atoms with Gasteiger partial charge in [-0.1, -0.05) is 22.0 Å². The van der Waals surface area contributed by atoms with Crippen LogP contribution in [0.5, 0.6) is 5.75 Å². The summed E-state index contributed by atoms with van der Waals surface area (Å²) in [4.78, 5) is 0. The first-order chi connectivity index (χ1) is 9.51. The van der Waals surface area contributed by atoms with Crippen LogP contribution >= 0.6 is 31.9 Å². The number of halogens is 5. The summed E-state index contributed by atoms with van der Waals surface area (Å²) in [5.74, 6) is -0.415. The maximum absolute atomic E-state index is 12.3. The van der Waals surface area contributed by atoms with E-state index in [1.54, 1.807) is 19.1 Å². The first kappa shape index (κ1) is 16.6. The van der Waals surface area contributed by atoms with Crippen molar-refractivity contribution in [1.29, 1.82) is 0 Å². The van der Waals surface area contributed by atoms with Gasteiger partial charge in [-0.3, -0.25) is 0 Å². The topological polar surface area (TPSA) is 43.4 Å². The standard InChI is InChI=1S/C12H7Br2F3O3S/c1-6-2-7-5-11(20-21(18,19)12(15,16)17)10(14)4-8(7)3-9(6)13/h2-5H,1H3. The molecule has 0 bridgehead atoms. The molecule has 2 rings (SSSR count). The average molecular weight is 448 g/mol. The molecule has 0 heterocycles. The Labute approximate surface area is 135 Å². The Kier molecular flexibility index (Phi) is 4.29. The first-order valence-corrected chi connectivity index (χ1v) is 8.41. The average Bonchev–Trinajstić information content (AvgIpc) is 2.31. The van der Waals surface area contributed by atoms with Crippen molar-refractivity contribution >= 4 is 52.8 Å². The Bertz CT molecular complexity index is 817. The lowest BCUT2D eigenvalue weighted by Gasteiger charge is -2.12. The van der Waals surface area contributed by atoms with Gasteiger partial charge in [-0.15, -0.1) is 0 Å².